The summed E-state index contributed by atoms with van der Waals surface area (Å²) in [7, 11) is 0. The standard InChI is InChI=1S/C14H22N2O2/c1-5-16-8-7-15(10-14(16,3)4)13(17)12-11(2)6-9-18-12/h6,9H,5,7-8,10H2,1-4H3. The Morgan fingerprint density at radius 2 is 2.17 bits per heavy atom. The van der Waals surface area contributed by atoms with Crippen LogP contribution in [0.4, 0.5) is 0 Å². The fourth-order valence-electron chi connectivity index (χ4n) is 2.69. The van der Waals surface area contributed by atoms with Crippen LogP contribution < -0.4 is 0 Å². The van der Waals surface area contributed by atoms with Crippen LogP contribution in [-0.4, -0.2) is 47.4 Å². The van der Waals surface area contributed by atoms with Gasteiger partial charge < -0.3 is 9.32 Å². The van der Waals surface area contributed by atoms with Crippen LogP contribution in [0, 0.1) is 6.92 Å². The zero-order valence-electron chi connectivity index (χ0n) is 11.7. The third kappa shape index (κ3) is 2.29. The molecule has 1 aliphatic rings. The zero-order chi connectivity index (χ0) is 13.3. The molecule has 0 N–H and O–H groups in total. The van der Waals surface area contributed by atoms with Crippen LogP contribution in [0.3, 0.4) is 0 Å². The smallest absolute Gasteiger partial charge is 0.289 e. The van der Waals surface area contributed by atoms with E-state index in [4.69, 9.17) is 4.42 Å². The Balaban J connectivity index is 2.13. The number of carbonyl (C=O) groups excluding carboxylic acids is 1. The average molecular weight is 250 g/mol. The molecular weight excluding hydrogens is 228 g/mol. The number of aryl methyl sites for hydroxylation is 1. The van der Waals surface area contributed by atoms with Crippen LogP contribution in [0.5, 0.6) is 0 Å². The van der Waals surface area contributed by atoms with Crippen LogP contribution in [0.2, 0.25) is 0 Å². The second-order valence-electron chi connectivity index (χ2n) is 5.55. The van der Waals surface area contributed by atoms with E-state index in [1.54, 1.807) is 6.26 Å². The van der Waals surface area contributed by atoms with Crippen molar-refractivity contribution < 1.29 is 9.21 Å². The predicted octanol–water partition coefficient (Wildman–Crippen LogP) is 2.14. The van der Waals surface area contributed by atoms with Crippen LogP contribution in [0.25, 0.3) is 0 Å². The van der Waals surface area contributed by atoms with Gasteiger partial charge in [-0.2, -0.15) is 0 Å². The van der Waals surface area contributed by atoms with Gasteiger partial charge in [-0.15, -0.1) is 0 Å². The van der Waals surface area contributed by atoms with E-state index in [1.807, 2.05) is 17.9 Å². The van der Waals surface area contributed by atoms with Crippen molar-refractivity contribution in [1.29, 1.82) is 0 Å². The van der Waals surface area contributed by atoms with Crippen LogP contribution >= 0.6 is 0 Å². The third-order valence-electron chi connectivity index (χ3n) is 3.80. The van der Waals surface area contributed by atoms with Gasteiger partial charge in [-0.25, -0.2) is 0 Å². The lowest BCUT2D eigenvalue weighted by Gasteiger charge is -2.46. The Morgan fingerprint density at radius 1 is 1.44 bits per heavy atom. The summed E-state index contributed by atoms with van der Waals surface area (Å²) < 4.78 is 5.30. The quantitative estimate of drug-likeness (QED) is 0.807. The maximum absolute atomic E-state index is 12.4. The summed E-state index contributed by atoms with van der Waals surface area (Å²) in [5.74, 6) is 0.497. The molecule has 0 aliphatic carbocycles. The monoisotopic (exact) mass is 250 g/mol. The molecular formula is C14H22N2O2. The molecule has 18 heavy (non-hydrogen) atoms. The van der Waals surface area contributed by atoms with Crippen molar-refractivity contribution in [3.8, 4) is 0 Å². The van der Waals surface area contributed by atoms with Gasteiger partial charge in [0.05, 0.1) is 6.26 Å². The van der Waals surface area contributed by atoms with Gasteiger partial charge in [-0.1, -0.05) is 6.92 Å². The van der Waals surface area contributed by atoms with Gasteiger partial charge in [0.15, 0.2) is 5.76 Å². The first kappa shape index (κ1) is 13.1. The molecule has 1 fully saturated rings. The van der Waals surface area contributed by atoms with Crippen molar-refractivity contribution in [3.63, 3.8) is 0 Å². The van der Waals surface area contributed by atoms with E-state index in [-0.39, 0.29) is 11.4 Å². The molecule has 1 aliphatic heterocycles. The second-order valence-corrected chi connectivity index (χ2v) is 5.55. The van der Waals surface area contributed by atoms with Crippen LogP contribution in [-0.2, 0) is 0 Å². The van der Waals surface area contributed by atoms with Gasteiger partial charge in [0.25, 0.3) is 5.91 Å². The van der Waals surface area contributed by atoms with Crippen molar-refractivity contribution in [1.82, 2.24) is 9.80 Å². The highest BCUT2D eigenvalue weighted by molar-refractivity contribution is 5.93. The van der Waals surface area contributed by atoms with Gasteiger partial charge in [0, 0.05) is 30.7 Å². The minimum Gasteiger partial charge on any atom is -0.459 e. The molecule has 0 radical (unpaired) electrons. The molecule has 2 heterocycles. The molecule has 0 saturated carbocycles. The highest BCUT2D eigenvalue weighted by Gasteiger charge is 2.35. The number of furan rings is 1. The predicted molar refractivity (Wildman–Crippen MR) is 70.7 cm³/mol. The van der Waals surface area contributed by atoms with Crippen molar-refractivity contribution >= 4 is 5.91 Å². The van der Waals surface area contributed by atoms with Crippen molar-refractivity contribution in [2.45, 2.75) is 33.2 Å². The SMILES string of the molecule is CCN1CCN(C(=O)c2occc2C)CC1(C)C. The maximum atomic E-state index is 12.4. The summed E-state index contributed by atoms with van der Waals surface area (Å²) in [6.45, 7) is 11.9. The molecule has 100 valence electrons. The van der Waals surface area contributed by atoms with E-state index < -0.39 is 0 Å². The molecule has 0 aromatic carbocycles. The molecule has 4 nitrogen and oxygen atoms in total. The Hall–Kier alpha value is -1.29. The first-order valence-corrected chi connectivity index (χ1v) is 6.54. The molecule has 2 rings (SSSR count). The zero-order valence-corrected chi connectivity index (χ0v) is 11.7. The summed E-state index contributed by atoms with van der Waals surface area (Å²) >= 11 is 0. The number of rotatable bonds is 2. The Labute approximate surface area is 109 Å². The molecule has 0 atom stereocenters. The lowest BCUT2D eigenvalue weighted by molar-refractivity contribution is 0.0191. The van der Waals surface area contributed by atoms with Crippen LogP contribution in [0.1, 0.15) is 36.9 Å². The summed E-state index contributed by atoms with van der Waals surface area (Å²) in [5, 5.41) is 0. The Morgan fingerprint density at radius 3 is 2.67 bits per heavy atom. The molecule has 1 saturated heterocycles. The van der Waals surface area contributed by atoms with Crippen molar-refractivity contribution in [2.24, 2.45) is 0 Å². The van der Waals surface area contributed by atoms with E-state index in [9.17, 15) is 4.79 Å². The van der Waals surface area contributed by atoms with E-state index in [1.165, 1.54) is 0 Å². The number of carbonyl (C=O) groups is 1. The van der Waals surface area contributed by atoms with Gasteiger partial charge in [-0.05, 0) is 33.4 Å². The van der Waals surface area contributed by atoms with E-state index in [0.717, 1.165) is 31.7 Å². The minimum atomic E-state index is 0.0151. The maximum Gasteiger partial charge on any atom is 0.289 e. The topological polar surface area (TPSA) is 36.7 Å². The summed E-state index contributed by atoms with van der Waals surface area (Å²) in [5.41, 5.74) is 0.944. The first-order valence-electron chi connectivity index (χ1n) is 6.54. The fraction of sp³-hybridized carbons (Fsp3) is 0.643. The molecule has 0 unspecified atom stereocenters. The molecule has 1 aromatic rings. The number of nitrogens with zero attached hydrogens (tertiary/aromatic N) is 2. The van der Waals surface area contributed by atoms with Gasteiger partial charge in [0.2, 0.25) is 0 Å². The number of likely N-dealkylation sites (N-methyl/N-ethyl adjacent to an activating group) is 1. The van der Waals surface area contributed by atoms with Gasteiger partial charge in [-0.3, -0.25) is 9.69 Å². The molecule has 0 spiro atoms. The molecule has 1 amide bonds. The molecule has 1 aromatic heterocycles. The largest absolute Gasteiger partial charge is 0.459 e. The van der Waals surface area contributed by atoms with E-state index in [2.05, 4.69) is 25.7 Å². The van der Waals surface area contributed by atoms with E-state index in [0.29, 0.717) is 5.76 Å². The summed E-state index contributed by atoms with van der Waals surface area (Å²) in [6.07, 6.45) is 1.58. The lowest BCUT2D eigenvalue weighted by Crippen LogP contribution is -2.60. The number of hydrogen-bond acceptors (Lipinski definition) is 3. The number of piperazine rings is 1. The van der Waals surface area contributed by atoms with Gasteiger partial charge in [0.1, 0.15) is 0 Å². The second kappa shape index (κ2) is 4.76. The van der Waals surface area contributed by atoms with Crippen molar-refractivity contribution in [2.75, 3.05) is 26.2 Å². The highest BCUT2D eigenvalue weighted by atomic mass is 16.3. The molecule has 4 heteroatoms. The number of amides is 1. The lowest BCUT2D eigenvalue weighted by atomic mass is 9.98. The van der Waals surface area contributed by atoms with Crippen LogP contribution in [0.15, 0.2) is 16.7 Å². The average Bonchev–Trinajstić information content (AvgIpc) is 2.73. The normalized spacial score (nSPS) is 20.1. The number of hydrogen-bond donors (Lipinski definition) is 0. The summed E-state index contributed by atoms with van der Waals surface area (Å²) in [6, 6.07) is 1.83. The Kier molecular flexibility index (Phi) is 3.48. The minimum absolute atomic E-state index is 0.0151. The van der Waals surface area contributed by atoms with Crippen molar-refractivity contribution in [3.05, 3.63) is 23.7 Å². The molecule has 0 bridgehead atoms. The first-order chi connectivity index (χ1) is 8.45. The Bertz CT molecular complexity index is 437. The highest BCUT2D eigenvalue weighted by Crippen LogP contribution is 2.22. The third-order valence-corrected chi connectivity index (χ3v) is 3.80. The fourth-order valence-corrected chi connectivity index (χ4v) is 2.69. The summed E-state index contributed by atoms with van der Waals surface area (Å²) in [4.78, 5) is 16.7. The van der Waals surface area contributed by atoms with E-state index >= 15 is 0 Å². The van der Waals surface area contributed by atoms with Gasteiger partial charge >= 0.3 is 0 Å².